The molecule has 0 amide bonds. The number of pyridine rings is 1. The van der Waals surface area contributed by atoms with Crippen molar-refractivity contribution in [2.45, 2.75) is 32.0 Å². The second-order valence-corrected chi connectivity index (χ2v) is 3.60. The normalized spacial score (nSPS) is 16.5. The number of aromatic nitrogens is 1. The zero-order chi connectivity index (χ0) is 11.1. The Bertz CT molecular complexity index is 371. The zero-order valence-electron chi connectivity index (χ0n) is 8.14. The van der Waals surface area contributed by atoms with Gasteiger partial charge in [-0.3, -0.25) is 4.98 Å². The van der Waals surface area contributed by atoms with Crippen molar-refractivity contribution in [1.82, 2.24) is 4.98 Å². The summed E-state index contributed by atoms with van der Waals surface area (Å²) < 4.78 is 42.7. The van der Waals surface area contributed by atoms with Gasteiger partial charge in [0.1, 0.15) is 5.75 Å². The first-order valence-corrected chi connectivity index (χ1v) is 4.68. The molecule has 5 heteroatoms. The summed E-state index contributed by atoms with van der Waals surface area (Å²) in [6.07, 6.45) is -1.35. The maximum absolute atomic E-state index is 12.5. The smallest absolute Gasteiger partial charge is 0.433 e. The van der Waals surface area contributed by atoms with Crippen molar-refractivity contribution in [2.24, 2.45) is 0 Å². The van der Waals surface area contributed by atoms with E-state index >= 15 is 0 Å². The molecule has 0 atom stereocenters. The molecule has 0 spiro atoms. The lowest BCUT2D eigenvalue weighted by Gasteiger charge is -2.13. The summed E-state index contributed by atoms with van der Waals surface area (Å²) in [5.74, 6) is 0.292. The fraction of sp³-hybridized carbons (Fsp3) is 0.500. The largest absolute Gasteiger partial charge is 0.490 e. The minimum atomic E-state index is -4.41. The third-order valence-corrected chi connectivity index (χ3v) is 2.24. The Morgan fingerprint density at radius 1 is 1.40 bits per heavy atom. The van der Waals surface area contributed by atoms with Crippen LogP contribution in [-0.2, 0) is 6.18 Å². The fourth-order valence-electron chi connectivity index (χ4n) is 1.30. The van der Waals surface area contributed by atoms with Crippen molar-refractivity contribution in [3.05, 3.63) is 23.5 Å². The molecule has 0 saturated heterocycles. The molecule has 0 bridgehead atoms. The first-order valence-electron chi connectivity index (χ1n) is 4.68. The van der Waals surface area contributed by atoms with Gasteiger partial charge >= 0.3 is 6.18 Å². The van der Waals surface area contributed by atoms with E-state index in [1.54, 1.807) is 0 Å². The van der Waals surface area contributed by atoms with Gasteiger partial charge in [0.2, 0.25) is 0 Å². The highest BCUT2D eigenvalue weighted by Crippen LogP contribution is 2.35. The van der Waals surface area contributed by atoms with Crippen LogP contribution in [0, 0.1) is 6.92 Å². The maximum atomic E-state index is 12.5. The van der Waals surface area contributed by atoms with Crippen molar-refractivity contribution >= 4 is 0 Å². The third-order valence-electron chi connectivity index (χ3n) is 2.24. The highest BCUT2D eigenvalue weighted by molar-refractivity contribution is 5.36. The number of ether oxygens (including phenoxy) is 1. The number of halogens is 3. The molecule has 1 aromatic rings. The van der Waals surface area contributed by atoms with Crippen molar-refractivity contribution < 1.29 is 17.9 Å². The minimum Gasteiger partial charge on any atom is -0.490 e. The molecule has 1 heterocycles. The average Bonchev–Trinajstić information content (AvgIpc) is 2.90. The predicted octanol–water partition coefficient (Wildman–Crippen LogP) is 2.95. The summed E-state index contributed by atoms with van der Waals surface area (Å²) >= 11 is 0. The van der Waals surface area contributed by atoms with E-state index in [4.69, 9.17) is 4.74 Å². The molecule has 0 aromatic carbocycles. The summed E-state index contributed by atoms with van der Waals surface area (Å²) in [6, 6.07) is 1.48. The molecule has 2 rings (SSSR count). The molecular weight excluding hydrogens is 207 g/mol. The zero-order valence-corrected chi connectivity index (χ0v) is 8.14. The summed E-state index contributed by atoms with van der Waals surface area (Å²) in [5.41, 5.74) is -0.794. The van der Waals surface area contributed by atoms with Crippen molar-refractivity contribution in [2.75, 3.05) is 0 Å². The Hall–Kier alpha value is -1.26. The number of hydrogen-bond donors (Lipinski definition) is 0. The molecule has 1 saturated carbocycles. The molecule has 82 valence electrons. The Labute approximate surface area is 85.1 Å². The van der Waals surface area contributed by atoms with E-state index in [0.717, 1.165) is 19.0 Å². The average molecular weight is 217 g/mol. The summed E-state index contributed by atoms with van der Waals surface area (Å²) in [4.78, 5) is 3.33. The predicted molar refractivity (Wildman–Crippen MR) is 47.6 cm³/mol. The van der Waals surface area contributed by atoms with Crippen LogP contribution in [0.2, 0.25) is 0 Å². The lowest BCUT2D eigenvalue weighted by Crippen LogP contribution is -2.11. The standard InChI is InChI=1S/C10H10F3NO/c1-6-8(15-7-2-3-7)4-5-14-9(6)10(11,12)13/h4-5,7H,2-3H2,1H3. The Morgan fingerprint density at radius 2 is 2.07 bits per heavy atom. The van der Waals surface area contributed by atoms with Gasteiger partial charge in [-0.05, 0) is 25.8 Å². The first kappa shape index (κ1) is 10.3. The Morgan fingerprint density at radius 3 is 2.60 bits per heavy atom. The number of alkyl halides is 3. The molecule has 1 aliphatic carbocycles. The van der Waals surface area contributed by atoms with Crippen LogP contribution >= 0.6 is 0 Å². The SMILES string of the molecule is Cc1c(OC2CC2)ccnc1C(F)(F)F. The van der Waals surface area contributed by atoms with Gasteiger partial charge in [0, 0.05) is 11.8 Å². The lowest BCUT2D eigenvalue weighted by atomic mass is 10.2. The minimum absolute atomic E-state index is 0.0666. The first-order chi connectivity index (χ1) is 6.98. The Kier molecular flexibility index (Phi) is 2.32. The van der Waals surface area contributed by atoms with Gasteiger partial charge in [-0.25, -0.2) is 0 Å². The summed E-state index contributed by atoms with van der Waals surface area (Å²) in [7, 11) is 0. The second-order valence-electron chi connectivity index (χ2n) is 3.60. The highest BCUT2D eigenvalue weighted by atomic mass is 19.4. The van der Waals surface area contributed by atoms with Gasteiger partial charge in [-0.1, -0.05) is 0 Å². The number of nitrogens with zero attached hydrogens (tertiary/aromatic N) is 1. The van der Waals surface area contributed by atoms with Crippen LogP contribution in [0.4, 0.5) is 13.2 Å². The molecule has 1 fully saturated rings. The van der Waals surface area contributed by atoms with E-state index in [9.17, 15) is 13.2 Å². The summed E-state index contributed by atoms with van der Waals surface area (Å²) in [6.45, 7) is 1.38. The van der Waals surface area contributed by atoms with Crippen LogP contribution in [0.1, 0.15) is 24.1 Å². The molecule has 1 aliphatic rings. The molecule has 0 aliphatic heterocycles. The van der Waals surface area contributed by atoms with Crippen LogP contribution in [0.25, 0.3) is 0 Å². The molecular formula is C10H10F3NO. The topological polar surface area (TPSA) is 22.1 Å². The van der Waals surface area contributed by atoms with Crippen molar-refractivity contribution in [1.29, 1.82) is 0 Å². The van der Waals surface area contributed by atoms with E-state index in [-0.39, 0.29) is 11.7 Å². The van der Waals surface area contributed by atoms with Gasteiger partial charge in [0.15, 0.2) is 5.69 Å². The molecule has 0 N–H and O–H groups in total. The van der Waals surface area contributed by atoms with Gasteiger partial charge in [0.25, 0.3) is 0 Å². The molecule has 1 aromatic heterocycles. The Balaban J connectivity index is 2.31. The third kappa shape index (κ3) is 2.22. The molecule has 0 radical (unpaired) electrons. The van der Waals surface area contributed by atoms with E-state index in [1.165, 1.54) is 13.0 Å². The van der Waals surface area contributed by atoms with Gasteiger partial charge in [-0.2, -0.15) is 13.2 Å². The highest BCUT2D eigenvalue weighted by Gasteiger charge is 2.36. The quantitative estimate of drug-likeness (QED) is 0.759. The van der Waals surface area contributed by atoms with Crippen molar-refractivity contribution in [3.63, 3.8) is 0 Å². The molecule has 2 nitrogen and oxygen atoms in total. The van der Waals surface area contributed by atoms with E-state index in [0.29, 0.717) is 5.75 Å². The van der Waals surface area contributed by atoms with Crippen LogP contribution in [-0.4, -0.2) is 11.1 Å². The van der Waals surface area contributed by atoms with Crippen LogP contribution in [0.3, 0.4) is 0 Å². The van der Waals surface area contributed by atoms with Crippen LogP contribution in [0.5, 0.6) is 5.75 Å². The fourth-order valence-corrected chi connectivity index (χ4v) is 1.30. The lowest BCUT2D eigenvalue weighted by molar-refractivity contribution is -0.141. The van der Waals surface area contributed by atoms with Crippen LogP contribution in [0.15, 0.2) is 12.3 Å². The van der Waals surface area contributed by atoms with Gasteiger partial charge < -0.3 is 4.74 Å². The van der Waals surface area contributed by atoms with E-state index in [2.05, 4.69) is 4.98 Å². The molecule has 0 unspecified atom stereocenters. The number of rotatable bonds is 2. The number of hydrogen-bond acceptors (Lipinski definition) is 2. The second kappa shape index (κ2) is 3.40. The van der Waals surface area contributed by atoms with Crippen LogP contribution < -0.4 is 4.74 Å². The van der Waals surface area contributed by atoms with Gasteiger partial charge in [0.05, 0.1) is 6.10 Å². The van der Waals surface area contributed by atoms with Crippen molar-refractivity contribution in [3.8, 4) is 5.75 Å². The van der Waals surface area contributed by atoms with Gasteiger partial charge in [-0.15, -0.1) is 0 Å². The van der Waals surface area contributed by atoms with E-state index < -0.39 is 11.9 Å². The monoisotopic (exact) mass is 217 g/mol. The summed E-state index contributed by atoms with van der Waals surface area (Å²) in [5, 5.41) is 0. The maximum Gasteiger partial charge on any atom is 0.433 e. The van der Waals surface area contributed by atoms with E-state index in [1.807, 2.05) is 0 Å². The molecule has 15 heavy (non-hydrogen) atoms.